The second-order valence-corrected chi connectivity index (χ2v) is 5.98. The summed E-state index contributed by atoms with van der Waals surface area (Å²) in [6.45, 7) is 0. The monoisotopic (exact) mass is 355 g/mol. The van der Waals surface area contributed by atoms with Gasteiger partial charge in [0.1, 0.15) is 5.69 Å². The number of benzene rings is 1. The first-order chi connectivity index (χ1) is 12.6. The number of hydrazone groups is 1. The van der Waals surface area contributed by atoms with Crippen LogP contribution in [0.3, 0.4) is 0 Å². The summed E-state index contributed by atoms with van der Waals surface area (Å²) in [6, 6.07) is 9.16. The second kappa shape index (κ2) is 7.68. The van der Waals surface area contributed by atoms with E-state index in [9.17, 15) is 20.2 Å². The average molecular weight is 355 g/mol. The first-order valence-electron chi connectivity index (χ1n) is 8.22. The molecule has 26 heavy (non-hydrogen) atoms. The van der Waals surface area contributed by atoms with E-state index in [0.717, 1.165) is 43.2 Å². The van der Waals surface area contributed by atoms with Crippen molar-refractivity contribution in [1.29, 1.82) is 0 Å². The van der Waals surface area contributed by atoms with Crippen molar-refractivity contribution in [3.8, 4) is 0 Å². The van der Waals surface area contributed by atoms with Crippen LogP contribution < -0.4 is 5.43 Å². The number of nitro groups is 2. The van der Waals surface area contributed by atoms with Crippen LogP contribution in [-0.4, -0.2) is 20.5 Å². The third kappa shape index (κ3) is 3.82. The summed E-state index contributed by atoms with van der Waals surface area (Å²) in [5.41, 5.74) is 3.93. The lowest BCUT2D eigenvalue weighted by atomic mass is 9.85. The third-order valence-electron chi connectivity index (χ3n) is 4.33. The van der Waals surface area contributed by atoms with Crippen LogP contribution in [0, 0.1) is 20.2 Å². The fourth-order valence-electron chi connectivity index (χ4n) is 3.04. The van der Waals surface area contributed by atoms with Gasteiger partial charge in [-0.2, -0.15) is 5.10 Å². The molecule has 0 bridgehead atoms. The van der Waals surface area contributed by atoms with E-state index in [2.05, 4.69) is 15.5 Å². The van der Waals surface area contributed by atoms with Gasteiger partial charge in [0, 0.05) is 29.6 Å². The van der Waals surface area contributed by atoms with Crippen molar-refractivity contribution < 1.29 is 9.85 Å². The third-order valence-corrected chi connectivity index (χ3v) is 4.33. The molecule has 134 valence electrons. The number of hydrogen-bond acceptors (Lipinski definition) is 7. The largest absolute Gasteiger partial charge is 0.301 e. The highest BCUT2D eigenvalue weighted by Gasteiger charge is 2.24. The maximum absolute atomic E-state index is 11.2. The van der Waals surface area contributed by atoms with E-state index in [0.29, 0.717) is 0 Å². The topological polar surface area (TPSA) is 124 Å². The molecule has 3 rings (SSSR count). The molecule has 1 aliphatic carbocycles. The molecular weight excluding hydrogens is 338 g/mol. The molecule has 1 heterocycles. The summed E-state index contributed by atoms with van der Waals surface area (Å²) in [6.07, 6.45) is 5.48. The lowest BCUT2D eigenvalue weighted by Crippen LogP contribution is -2.20. The molecule has 0 saturated heterocycles. The zero-order chi connectivity index (χ0) is 18.5. The van der Waals surface area contributed by atoms with Gasteiger partial charge in [-0.25, -0.2) is 0 Å². The summed E-state index contributed by atoms with van der Waals surface area (Å²) in [4.78, 5) is 25.1. The quantitative estimate of drug-likeness (QED) is 0.638. The Labute approximate surface area is 149 Å². The predicted octanol–water partition coefficient (Wildman–Crippen LogP) is 4.02. The van der Waals surface area contributed by atoms with Crippen LogP contribution in [-0.2, 0) is 0 Å². The molecule has 1 fully saturated rings. The van der Waals surface area contributed by atoms with E-state index in [1.54, 1.807) is 6.20 Å². The Balaban J connectivity index is 1.88. The van der Waals surface area contributed by atoms with E-state index in [1.165, 1.54) is 12.1 Å². The van der Waals surface area contributed by atoms with Crippen LogP contribution in [0.2, 0.25) is 0 Å². The number of aromatic nitrogens is 1. The average Bonchev–Trinajstić information content (AvgIpc) is 2.67. The number of pyridine rings is 1. The number of nitrogens with one attached hydrogen (secondary N) is 1. The Morgan fingerprint density at radius 2 is 1.96 bits per heavy atom. The van der Waals surface area contributed by atoms with Gasteiger partial charge < -0.3 is 0 Å². The van der Waals surface area contributed by atoms with Crippen molar-refractivity contribution >= 4 is 22.8 Å². The molecule has 0 radical (unpaired) electrons. The number of non-ortho nitro benzene ring substituents is 1. The van der Waals surface area contributed by atoms with E-state index >= 15 is 0 Å². The molecule has 0 aliphatic heterocycles. The van der Waals surface area contributed by atoms with Gasteiger partial charge in [0.15, 0.2) is 0 Å². The van der Waals surface area contributed by atoms with Crippen molar-refractivity contribution in [2.75, 3.05) is 5.43 Å². The molecule has 1 aromatic heterocycles. The highest BCUT2D eigenvalue weighted by molar-refractivity contribution is 5.92. The number of hydrogen-bond donors (Lipinski definition) is 1. The lowest BCUT2D eigenvalue weighted by Gasteiger charge is -2.23. The molecule has 1 N–H and O–H groups in total. The van der Waals surface area contributed by atoms with Gasteiger partial charge >= 0.3 is 5.69 Å². The normalized spacial score (nSPS) is 18.5. The molecule has 0 unspecified atom stereocenters. The van der Waals surface area contributed by atoms with Crippen molar-refractivity contribution in [3.63, 3.8) is 0 Å². The van der Waals surface area contributed by atoms with Gasteiger partial charge in [0.25, 0.3) is 5.69 Å². The van der Waals surface area contributed by atoms with Gasteiger partial charge in [-0.05, 0) is 37.5 Å². The molecule has 1 atom stereocenters. The number of nitrogens with zero attached hydrogens (tertiary/aromatic N) is 4. The second-order valence-electron chi connectivity index (χ2n) is 5.98. The van der Waals surface area contributed by atoms with Crippen molar-refractivity contribution in [2.45, 2.75) is 31.6 Å². The van der Waals surface area contributed by atoms with Gasteiger partial charge in [-0.1, -0.05) is 12.5 Å². The van der Waals surface area contributed by atoms with Crippen LogP contribution in [0.4, 0.5) is 17.1 Å². The minimum atomic E-state index is -0.666. The summed E-state index contributed by atoms with van der Waals surface area (Å²) in [7, 11) is 0. The van der Waals surface area contributed by atoms with Crippen molar-refractivity contribution in [2.24, 2.45) is 5.10 Å². The van der Waals surface area contributed by atoms with E-state index in [4.69, 9.17) is 0 Å². The molecule has 1 saturated carbocycles. The van der Waals surface area contributed by atoms with Gasteiger partial charge in [-0.15, -0.1) is 0 Å². The molecule has 0 amide bonds. The zero-order valence-electron chi connectivity index (χ0n) is 13.9. The van der Waals surface area contributed by atoms with Gasteiger partial charge in [-0.3, -0.25) is 30.6 Å². The molecule has 1 aliphatic rings. The van der Waals surface area contributed by atoms with Crippen LogP contribution in [0.1, 0.15) is 37.3 Å². The lowest BCUT2D eigenvalue weighted by molar-refractivity contribution is -0.393. The maximum Gasteiger partial charge on any atom is 0.301 e. The van der Waals surface area contributed by atoms with E-state index in [1.807, 2.05) is 18.2 Å². The number of rotatable bonds is 5. The molecule has 9 heteroatoms. The smallest absolute Gasteiger partial charge is 0.272 e. The van der Waals surface area contributed by atoms with Crippen LogP contribution in [0.25, 0.3) is 0 Å². The zero-order valence-corrected chi connectivity index (χ0v) is 13.9. The van der Waals surface area contributed by atoms with Gasteiger partial charge in [0.2, 0.25) is 0 Å². The first-order valence-corrected chi connectivity index (χ1v) is 8.22. The fourth-order valence-corrected chi connectivity index (χ4v) is 3.04. The van der Waals surface area contributed by atoms with Crippen LogP contribution in [0.15, 0.2) is 47.7 Å². The summed E-state index contributed by atoms with van der Waals surface area (Å²) in [5, 5.41) is 26.4. The van der Waals surface area contributed by atoms with Crippen molar-refractivity contribution in [1.82, 2.24) is 4.98 Å². The maximum atomic E-state index is 11.2. The Morgan fingerprint density at radius 3 is 2.65 bits per heavy atom. The van der Waals surface area contributed by atoms with Gasteiger partial charge in [0.05, 0.1) is 15.9 Å². The van der Waals surface area contributed by atoms with Crippen LogP contribution >= 0.6 is 0 Å². The molecular formula is C17H17N5O4. The number of anilines is 1. The highest BCUT2D eigenvalue weighted by atomic mass is 16.6. The summed E-state index contributed by atoms with van der Waals surface area (Å²) in [5.74, 6) is 0.0644. The Morgan fingerprint density at radius 1 is 1.12 bits per heavy atom. The minimum absolute atomic E-state index is 0.0644. The van der Waals surface area contributed by atoms with E-state index < -0.39 is 9.85 Å². The Hall–Kier alpha value is -3.36. The molecule has 0 spiro atoms. The number of nitro benzene ring substituents is 2. The highest BCUT2D eigenvalue weighted by Crippen LogP contribution is 2.32. The SMILES string of the molecule is O=[N+]([O-])c1ccc(N/N=C2\CCCC[C@@H]2c2ccccn2)c([N+](=O)[O-])c1. The minimum Gasteiger partial charge on any atom is -0.272 e. The predicted molar refractivity (Wildman–Crippen MR) is 96.3 cm³/mol. The molecule has 1 aromatic carbocycles. The van der Waals surface area contributed by atoms with Crippen LogP contribution in [0.5, 0.6) is 0 Å². The first kappa shape index (κ1) is 17.5. The van der Waals surface area contributed by atoms with E-state index in [-0.39, 0.29) is 23.0 Å². The summed E-state index contributed by atoms with van der Waals surface area (Å²) >= 11 is 0. The summed E-state index contributed by atoms with van der Waals surface area (Å²) < 4.78 is 0. The standard InChI is InChI=1S/C17H17N5O4/c23-21(24)12-8-9-16(17(11-12)22(25)26)20-19-15-7-2-1-5-13(15)14-6-3-4-10-18-14/h3-4,6,8-11,13,20H,1-2,5,7H2/b19-15+/t13-/m1/s1. The molecule has 9 nitrogen and oxygen atoms in total. The Kier molecular flexibility index (Phi) is 5.16. The van der Waals surface area contributed by atoms with Crippen molar-refractivity contribution in [3.05, 3.63) is 68.5 Å². The fraction of sp³-hybridized carbons (Fsp3) is 0.294. The molecule has 2 aromatic rings. The Bertz CT molecular complexity index is 853.